The highest BCUT2D eigenvalue weighted by molar-refractivity contribution is 7.18. The number of anilines is 3. The lowest BCUT2D eigenvalue weighted by molar-refractivity contribution is 0.104. The number of carbonyl (C=O) groups excluding carboxylic acids is 1. The Morgan fingerprint density at radius 1 is 1.32 bits per heavy atom. The van der Waals surface area contributed by atoms with Crippen LogP contribution < -0.4 is 21.1 Å². The second-order valence-electron chi connectivity index (χ2n) is 7.31. The number of nitrogens with zero attached hydrogens (tertiary/aromatic N) is 1. The number of hydrogen-bond acceptors (Lipinski definition) is 8. The van der Waals surface area contributed by atoms with Crippen LogP contribution in [0.25, 0.3) is 0 Å². The smallest absolute Gasteiger partial charge is 0.206 e. The molecule has 0 radical (unpaired) electrons. The molecule has 4 rings (SSSR count). The van der Waals surface area contributed by atoms with Gasteiger partial charge in [-0.15, -0.1) is 0 Å². The molecule has 2 heterocycles. The van der Waals surface area contributed by atoms with E-state index >= 15 is 0 Å². The van der Waals surface area contributed by atoms with Crippen LogP contribution in [0.4, 0.5) is 21.0 Å². The number of nitrogens with two attached hydrogens (primary N) is 1. The van der Waals surface area contributed by atoms with Gasteiger partial charge < -0.3 is 26.2 Å². The number of rotatable bonds is 8. The van der Waals surface area contributed by atoms with E-state index in [0.29, 0.717) is 17.8 Å². The van der Waals surface area contributed by atoms with Crippen LogP contribution in [0, 0.1) is 5.82 Å². The normalized spacial score (nSPS) is 15.7. The third-order valence-corrected chi connectivity index (χ3v) is 6.06. The minimum atomic E-state index is -0.867. The molecule has 0 spiro atoms. The van der Waals surface area contributed by atoms with Crippen LogP contribution in [0.2, 0.25) is 0 Å². The molecule has 162 valence electrons. The molecular formula is C22H23FN4O3S. The Morgan fingerprint density at radius 2 is 2.13 bits per heavy atom. The number of ether oxygens (including phenoxy) is 1. The maximum Gasteiger partial charge on any atom is 0.206 e. The minimum absolute atomic E-state index is 0.0615. The number of phenolic OH excluding ortho intramolecular Hbond substituents is 1. The molecule has 2 aromatic carbocycles. The molecular weight excluding hydrogens is 419 g/mol. The largest absolute Gasteiger partial charge is 0.505 e. The molecule has 31 heavy (non-hydrogen) atoms. The van der Waals surface area contributed by atoms with Crippen molar-refractivity contribution in [1.82, 2.24) is 10.3 Å². The molecule has 1 aliphatic heterocycles. The summed E-state index contributed by atoms with van der Waals surface area (Å²) in [6.07, 6.45) is 3.42. The van der Waals surface area contributed by atoms with Gasteiger partial charge in [0.15, 0.2) is 16.7 Å². The predicted octanol–water partition coefficient (Wildman–Crippen LogP) is 4.07. The summed E-state index contributed by atoms with van der Waals surface area (Å²) in [4.78, 5) is 17.0. The molecule has 5 N–H and O–H groups in total. The summed E-state index contributed by atoms with van der Waals surface area (Å²) in [7, 11) is 0. The first-order chi connectivity index (χ1) is 15.0. The van der Waals surface area contributed by atoms with Crippen molar-refractivity contribution >= 4 is 33.8 Å². The number of carbonyl (C=O) groups is 1. The summed E-state index contributed by atoms with van der Waals surface area (Å²) in [5.41, 5.74) is 6.76. The van der Waals surface area contributed by atoms with Crippen molar-refractivity contribution in [2.45, 2.75) is 25.3 Å². The highest BCUT2D eigenvalue weighted by Crippen LogP contribution is 2.31. The Bertz CT molecular complexity index is 1070. The van der Waals surface area contributed by atoms with Crippen molar-refractivity contribution in [3.05, 3.63) is 58.7 Å². The standard InChI is InChI=1S/C22H23FN4O3S/c23-17-12-13(3-8-18(17)28)19(29)20-21(24)27-22(31-20)26-15-4-6-16(7-5-15)30-11-9-14-2-1-10-25-14/h3-8,12,14,25,28H,1-2,9-11,24H2,(H,26,27). The van der Waals surface area contributed by atoms with Crippen LogP contribution in [-0.4, -0.2) is 35.1 Å². The van der Waals surface area contributed by atoms with E-state index in [4.69, 9.17) is 10.5 Å². The maximum absolute atomic E-state index is 13.6. The number of phenols is 1. The Hall–Kier alpha value is -3.17. The number of aromatic nitrogens is 1. The number of nitrogens with one attached hydrogen (secondary N) is 2. The van der Waals surface area contributed by atoms with Crippen molar-refractivity contribution in [2.24, 2.45) is 0 Å². The third-order valence-electron chi connectivity index (χ3n) is 5.07. The van der Waals surface area contributed by atoms with Gasteiger partial charge in [-0.1, -0.05) is 11.3 Å². The van der Waals surface area contributed by atoms with Gasteiger partial charge in [0.05, 0.1) is 6.61 Å². The summed E-state index contributed by atoms with van der Waals surface area (Å²) >= 11 is 1.08. The second kappa shape index (κ2) is 9.32. The fourth-order valence-electron chi connectivity index (χ4n) is 3.41. The highest BCUT2D eigenvalue weighted by atomic mass is 32.1. The lowest BCUT2D eigenvalue weighted by atomic mass is 10.1. The fourth-order valence-corrected chi connectivity index (χ4v) is 4.27. The van der Waals surface area contributed by atoms with Gasteiger partial charge in [-0.25, -0.2) is 9.37 Å². The number of thiazole rings is 1. The quantitative estimate of drug-likeness (QED) is 0.389. The molecule has 1 saturated heterocycles. The van der Waals surface area contributed by atoms with Gasteiger partial charge in [-0.05, 0) is 68.3 Å². The first kappa shape index (κ1) is 21.1. The van der Waals surface area contributed by atoms with Crippen molar-refractivity contribution in [1.29, 1.82) is 0 Å². The van der Waals surface area contributed by atoms with Gasteiger partial charge in [0.2, 0.25) is 5.78 Å². The minimum Gasteiger partial charge on any atom is -0.505 e. The van der Waals surface area contributed by atoms with E-state index in [9.17, 15) is 14.3 Å². The number of hydrogen-bond donors (Lipinski definition) is 4. The molecule has 0 bridgehead atoms. The summed E-state index contributed by atoms with van der Waals surface area (Å²) in [5.74, 6) is -0.991. The Balaban J connectivity index is 1.37. The highest BCUT2D eigenvalue weighted by Gasteiger charge is 2.19. The van der Waals surface area contributed by atoms with E-state index in [-0.39, 0.29) is 16.3 Å². The van der Waals surface area contributed by atoms with Gasteiger partial charge in [0.1, 0.15) is 16.4 Å². The number of aromatic hydroxyl groups is 1. The van der Waals surface area contributed by atoms with E-state index in [1.54, 1.807) is 0 Å². The third kappa shape index (κ3) is 5.12. The molecule has 1 fully saturated rings. The molecule has 0 amide bonds. The molecule has 0 aliphatic carbocycles. The summed E-state index contributed by atoms with van der Waals surface area (Å²) in [6.45, 7) is 1.75. The van der Waals surface area contributed by atoms with Crippen LogP contribution in [-0.2, 0) is 0 Å². The predicted molar refractivity (Wildman–Crippen MR) is 119 cm³/mol. The van der Waals surface area contributed by atoms with Gasteiger partial charge in [-0.2, -0.15) is 0 Å². The number of halogens is 1. The topological polar surface area (TPSA) is 110 Å². The molecule has 0 saturated carbocycles. The first-order valence-electron chi connectivity index (χ1n) is 10.0. The van der Waals surface area contributed by atoms with Gasteiger partial charge in [0, 0.05) is 17.3 Å². The van der Waals surface area contributed by atoms with Gasteiger partial charge in [0.25, 0.3) is 0 Å². The average Bonchev–Trinajstić information content (AvgIpc) is 3.40. The van der Waals surface area contributed by atoms with Crippen molar-refractivity contribution in [3.8, 4) is 11.5 Å². The fraction of sp³-hybridized carbons (Fsp3) is 0.273. The molecule has 7 nitrogen and oxygen atoms in total. The number of ketones is 1. The van der Waals surface area contributed by atoms with Crippen molar-refractivity contribution in [2.75, 3.05) is 24.2 Å². The Kier molecular flexibility index (Phi) is 6.34. The summed E-state index contributed by atoms with van der Waals surface area (Å²) in [6, 6.07) is 11.5. The zero-order valence-corrected chi connectivity index (χ0v) is 17.5. The molecule has 3 aromatic rings. The molecule has 1 aromatic heterocycles. The summed E-state index contributed by atoms with van der Waals surface area (Å²) < 4.78 is 19.4. The van der Waals surface area contributed by atoms with Crippen LogP contribution in [0.1, 0.15) is 34.5 Å². The van der Waals surface area contributed by atoms with Gasteiger partial charge in [-0.3, -0.25) is 4.79 Å². The van der Waals surface area contributed by atoms with Gasteiger partial charge >= 0.3 is 0 Å². The Morgan fingerprint density at radius 3 is 2.84 bits per heavy atom. The van der Waals surface area contributed by atoms with Crippen molar-refractivity contribution in [3.63, 3.8) is 0 Å². The SMILES string of the molecule is Nc1nc(Nc2ccc(OCCC3CCCN3)cc2)sc1C(=O)c1ccc(O)c(F)c1. The monoisotopic (exact) mass is 442 g/mol. The second-order valence-corrected chi connectivity index (χ2v) is 8.31. The number of nitrogen functional groups attached to an aromatic ring is 1. The zero-order valence-electron chi connectivity index (χ0n) is 16.7. The molecule has 1 atom stereocenters. The lowest BCUT2D eigenvalue weighted by Crippen LogP contribution is -2.23. The lowest BCUT2D eigenvalue weighted by Gasteiger charge is -2.11. The van der Waals surface area contributed by atoms with Crippen LogP contribution in [0.3, 0.4) is 0 Å². The van der Waals surface area contributed by atoms with E-state index in [1.165, 1.54) is 18.9 Å². The van der Waals surface area contributed by atoms with Crippen LogP contribution in [0.15, 0.2) is 42.5 Å². The molecule has 9 heteroatoms. The van der Waals surface area contributed by atoms with E-state index < -0.39 is 17.3 Å². The van der Waals surface area contributed by atoms with E-state index in [1.807, 2.05) is 24.3 Å². The van der Waals surface area contributed by atoms with E-state index in [0.717, 1.165) is 47.9 Å². The van der Waals surface area contributed by atoms with Crippen LogP contribution in [0.5, 0.6) is 11.5 Å². The average molecular weight is 443 g/mol. The van der Waals surface area contributed by atoms with E-state index in [2.05, 4.69) is 15.6 Å². The Labute approximate surface area is 183 Å². The summed E-state index contributed by atoms with van der Waals surface area (Å²) in [5, 5.41) is 16.3. The molecule has 1 aliphatic rings. The zero-order chi connectivity index (χ0) is 21.8. The molecule has 1 unspecified atom stereocenters. The maximum atomic E-state index is 13.6. The van der Waals surface area contributed by atoms with Crippen molar-refractivity contribution < 1.29 is 19.0 Å². The van der Waals surface area contributed by atoms with Crippen LogP contribution >= 0.6 is 11.3 Å². The first-order valence-corrected chi connectivity index (χ1v) is 10.8. The number of benzene rings is 2.